The number of oxime groups is 1. The van der Waals surface area contributed by atoms with Crippen LogP contribution in [0, 0.1) is 6.92 Å². The van der Waals surface area contributed by atoms with Gasteiger partial charge in [0.25, 0.3) is 0 Å². The second-order valence-electron chi connectivity index (χ2n) is 4.25. The molecule has 2 heteroatoms. The van der Waals surface area contributed by atoms with Gasteiger partial charge in [-0.2, -0.15) is 0 Å². The number of aryl methyl sites for hydroxylation is 1. The summed E-state index contributed by atoms with van der Waals surface area (Å²) in [5.41, 5.74) is 3.58. The second-order valence-corrected chi connectivity index (χ2v) is 4.25. The molecule has 1 aromatic carbocycles. The van der Waals surface area contributed by atoms with Crippen molar-refractivity contribution >= 4 is 5.71 Å². The Balaban J connectivity index is 2.33. The molecule has 1 aliphatic rings. The third kappa shape index (κ3) is 2.04. The molecule has 1 atom stereocenters. The maximum atomic E-state index is 9.00. The SMILES string of the molecule is Cc1ccccc1C1CCCCC1=NO. The van der Waals surface area contributed by atoms with E-state index in [0.29, 0.717) is 5.92 Å². The van der Waals surface area contributed by atoms with Crippen molar-refractivity contribution in [3.8, 4) is 0 Å². The maximum Gasteiger partial charge on any atom is 0.0645 e. The minimum Gasteiger partial charge on any atom is -0.411 e. The fraction of sp³-hybridized carbons (Fsp3) is 0.462. The molecule has 80 valence electrons. The van der Waals surface area contributed by atoms with Crippen molar-refractivity contribution in [2.24, 2.45) is 5.16 Å². The lowest BCUT2D eigenvalue weighted by Gasteiger charge is -2.24. The first-order chi connectivity index (χ1) is 7.33. The summed E-state index contributed by atoms with van der Waals surface area (Å²) < 4.78 is 0. The first kappa shape index (κ1) is 10.2. The van der Waals surface area contributed by atoms with Gasteiger partial charge in [0, 0.05) is 5.92 Å². The van der Waals surface area contributed by atoms with Gasteiger partial charge in [-0.1, -0.05) is 35.8 Å². The molecule has 0 radical (unpaired) electrons. The predicted octanol–water partition coefficient (Wildman–Crippen LogP) is 3.48. The van der Waals surface area contributed by atoms with Crippen LogP contribution in [0.5, 0.6) is 0 Å². The third-order valence-corrected chi connectivity index (χ3v) is 3.27. The third-order valence-electron chi connectivity index (χ3n) is 3.27. The van der Waals surface area contributed by atoms with E-state index in [9.17, 15) is 0 Å². The number of hydrogen-bond donors (Lipinski definition) is 1. The average Bonchev–Trinajstić information content (AvgIpc) is 2.30. The van der Waals surface area contributed by atoms with Gasteiger partial charge in [0.1, 0.15) is 0 Å². The lowest BCUT2D eigenvalue weighted by molar-refractivity contribution is 0.312. The van der Waals surface area contributed by atoms with Gasteiger partial charge in [-0.05, 0) is 37.3 Å². The number of rotatable bonds is 1. The van der Waals surface area contributed by atoms with E-state index in [2.05, 4.69) is 36.3 Å². The van der Waals surface area contributed by atoms with Crippen molar-refractivity contribution in [1.29, 1.82) is 0 Å². The van der Waals surface area contributed by atoms with Gasteiger partial charge in [-0.3, -0.25) is 0 Å². The van der Waals surface area contributed by atoms with Crippen LogP contribution in [-0.2, 0) is 0 Å². The van der Waals surface area contributed by atoms with E-state index in [-0.39, 0.29) is 0 Å². The molecule has 0 amide bonds. The minimum atomic E-state index is 0.338. The zero-order chi connectivity index (χ0) is 10.7. The molecule has 2 nitrogen and oxygen atoms in total. The summed E-state index contributed by atoms with van der Waals surface area (Å²) in [4.78, 5) is 0. The Hall–Kier alpha value is -1.31. The van der Waals surface area contributed by atoms with Crippen molar-refractivity contribution in [1.82, 2.24) is 0 Å². The molecule has 0 spiro atoms. The summed E-state index contributed by atoms with van der Waals surface area (Å²) in [6.07, 6.45) is 4.44. The smallest absolute Gasteiger partial charge is 0.0645 e. The molecule has 0 saturated heterocycles. The molecule has 1 unspecified atom stereocenters. The maximum absolute atomic E-state index is 9.00. The molecule has 0 bridgehead atoms. The Morgan fingerprint density at radius 1 is 1.27 bits per heavy atom. The van der Waals surface area contributed by atoms with Crippen LogP contribution < -0.4 is 0 Å². The van der Waals surface area contributed by atoms with Crippen LogP contribution in [0.2, 0.25) is 0 Å². The van der Waals surface area contributed by atoms with Crippen LogP contribution in [-0.4, -0.2) is 10.9 Å². The van der Waals surface area contributed by atoms with Crippen molar-refractivity contribution in [2.45, 2.75) is 38.5 Å². The van der Waals surface area contributed by atoms with Crippen molar-refractivity contribution in [3.05, 3.63) is 35.4 Å². The summed E-state index contributed by atoms with van der Waals surface area (Å²) in [6.45, 7) is 2.12. The summed E-state index contributed by atoms with van der Waals surface area (Å²) in [5.74, 6) is 0.338. The molecule has 0 aliphatic heterocycles. The Labute approximate surface area is 90.6 Å². The van der Waals surface area contributed by atoms with Crippen LogP contribution >= 0.6 is 0 Å². The molecular weight excluding hydrogens is 186 g/mol. The molecule has 0 aromatic heterocycles. The minimum absolute atomic E-state index is 0.338. The molecule has 15 heavy (non-hydrogen) atoms. The van der Waals surface area contributed by atoms with E-state index >= 15 is 0 Å². The average molecular weight is 203 g/mol. The normalized spacial score (nSPS) is 24.3. The monoisotopic (exact) mass is 203 g/mol. The van der Waals surface area contributed by atoms with Crippen molar-refractivity contribution < 1.29 is 5.21 Å². The Morgan fingerprint density at radius 2 is 2.07 bits per heavy atom. The van der Waals surface area contributed by atoms with Gasteiger partial charge < -0.3 is 5.21 Å². The highest BCUT2D eigenvalue weighted by molar-refractivity contribution is 5.91. The van der Waals surface area contributed by atoms with Crippen molar-refractivity contribution in [2.75, 3.05) is 0 Å². The van der Waals surface area contributed by atoms with E-state index in [1.807, 2.05) is 0 Å². The summed E-state index contributed by atoms with van der Waals surface area (Å²) >= 11 is 0. The van der Waals surface area contributed by atoms with E-state index in [0.717, 1.165) is 25.0 Å². The molecule has 2 rings (SSSR count). The first-order valence-electron chi connectivity index (χ1n) is 5.59. The first-order valence-corrected chi connectivity index (χ1v) is 5.59. The van der Waals surface area contributed by atoms with Crippen molar-refractivity contribution in [3.63, 3.8) is 0 Å². The molecule has 0 heterocycles. The van der Waals surface area contributed by atoms with Gasteiger partial charge in [-0.15, -0.1) is 0 Å². The largest absolute Gasteiger partial charge is 0.411 e. The molecule has 1 fully saturated rings. The molecule has 1 aromatic rings. The Bertz CT molecular complexity index is 371. The fourth-order valence-electron chi connectivity index (χ4n) is 2.43. The summed E-state index contributed by atoms with van der Waals surface area (Å²) in [6, 6.07) is 8.39. The fourth-order valence-corrected chi connectivity index (χ4v) is 2.43. The quantitative estimate of drug-likeness (QED) is 0.550. The van der Waals surface area contributed by atoms with Crippen LogP contribution in [0.1, 0.15) is 42.7 Å². The van der Waals surface area contributed by atoms with Crippen LogP contribution in [0.4, 0.5) is 0 Å². The summed E-state index contributed by atoms with van der Waals surface area (Å²) in [5, 5.41) is 12.5. The zero-order valence-electron chi connectivity index (χ0n) is 9.11. The topological polar surface area (TPSA) is 32.6 Å². The molecule has 1 saturated carbocycles. The van der Waals surface area contributed by atoms with Crippen LogP contribution in [0.3, 0.4) is 0 Å². The molecular formula is C13H17NO. The lowest BCUT2D eigenvalue weighted by atomic mass is 9.81. The highest BCUT2D eigenvalue weighted by Gasteiger charge is 2.23. The highest BCUT2D eigenvalue weighted by Crippen LogP contribution is 2.32. The van der Waals surface area contributed by atoms with E-state index in [1.165, 1.54) is 17.5 Å². The Kier molecular flexibility index (Phi) is 3.05. The number of hydrogen-bond acceptors (Lipinski definition) is 2. The highest BCUT2D eigenvalue weighted by atomic mass is 16.4. The van der Waals surface area contributed by atoms with Crippen LogP contribution in [0.25, 0.3) is 0 Å². The van der Waals surface area contributed by atoms with E-state index < -0.39 is 0 Å². The van der Waals surface area contributed by atoms with Gasteiger partial charge >= 0.3 is 0 Å². The van der Waals surface area contributed by atoms with Gasteiger partial charge in [-0.25, -0.2) is 0 Å². The second kappa shape index (κ2) is 4.47. The number of benzene rings is 1. The molecule has 1 aliphatic carbocycles. The zero-order valence-corrected chi connectivity index (χ0v) is 9.11. The van der Waals surface area contributed by atoms with Crippen LogP contribution in [0.15, 0.2) is 29.4 Å². The van der Waals surface area contributed by atoms with Gasteiger partial charge in [0.2, 0.25) is 0 Å². The van der Waals surface area contributed by atoms with Gasteiger partial charge in [0.15, 0.2) is 0 Å². The van der Waals surface area contributed by atoms with E-state index in [4.69, 9.17) is 5.21 Å². The number of nitrogens with zero attached hydrogens (tertiary/aromatic N) is 1. The standard InChI is InChI=1S/C13H17NO/c1-10-6-2-3-7-11(10)12-8-4-5-9-13(12)14-15/h2-3,6-7,12,15H,4-5,8-9H2,1H3. The Morgan fingerprint density at radius 3 is 2.80 bits per heavy atom. The molecule has 1 N–H and O–H groups in total. The van der Waals surface area contributed by atoms with E-state index in [1.54, 1.807) is 0 Å². The predicted molar refractivity (Wildman–Crippen MR) is 61.6 cm³/mol. The lowest BCUT2D eigenvalue weighted by Crippen LogP contribution is -2.18. The summed E-state index contributed by atoms with van der Waals surface area (Å²) in [7, 11) is 0. The van der Waals surface area contributed by atoms with Gasteiger partial charge in [0.05, 0.1) is 5.71 Å².